The van der Waals surface area contributed by atoms with Crippen LogP contribution in [0.5, 0.6) is 11.5 Å². The van der Waals surface area contributed by atoms with Gasteiger partial charge in [-0.2, -0.15) is 0 Å². The van der Waals surface area contributed by atoms with Crippen molar-refractivity contribution >= 4 is 23.1 Å². The van der Waals surface area contributed by atoms with Crippen LogP contribution < -0.4 is 20.2 Å². The molecule has 0 fully saturated rings. The van der Waals surface area contributed by atoms with E-state index in [2.05, 4.69) is 25.8 Å². The predicted octanol–water partition coefficient (Wildman–Crippen LogP) is 5.15. The van der Waals surface area contributed by atoms with Crippen molar-refractivity contribution in [2.45, 2.75) is 26.2 Å². The number of hydrogen-bond acceptors (Lipinski definition) is 6. The van der Waals surface area contributed by atoms with E-state index < -0.39 is 11.2 Å². The normalized spacial score (nSPS) is 11.5. The Hall–Kier alpha value is -3.49. The Morgan fingerprint density at radius 3 is 2.36 bits per heavy atom. The molecule has 2 N–H and O–H groups in total. The molecule has 0 aliphatic heterocycles. The molecule has 0 radical (unpaired) electrons. The molecule has 1 aromatic heterocycles. The topological polar surface area (TPSA) is 93.5 Å². The fraction of sp³-hybridized carbons (Fsp3) is 0.200. The zero-order valence-electron chi connectivity index (χ0n) is 18.7. The zero-order valence-corrected chi connectivity index (χ0v) is 19.5. The van der Waals surface area contributed by atoms with Crippen LogP contribution in [0.15, 0.2) is 70.4 Å². The Morgan fingerprint density at radius 1 is 0.970 bits per heavy atom. The third-order valence-corrected chi connectivity index (χ3v) is 5.71. The Kier molecular flexibility index (Phi) is 6.05. The van der Waals surface area contributed by atoms with Gasteiger partial charge in [-0.05, 0) is 52.1 Å². The Labute approximate surface area is 195 Å². The highest BCUT2D eigenvalue weighted by atomic mass is 32.2. The number of hydrogen-bond donors (Lipinski definition) is 2. The van der Waals surface area contributed by atoms with Crippen LogP contribution in [0.3, 0.4) is 0 Å². The van der Waals surface area contributed by atoms with Crippen molar-refractivity contribution in [3.05, 3.63) is 87.2 Å². The Morgan fingerprint density at radius 2 is 1.70 bits per heavy atom. The number of aromatic amines is 1. The van der Waals surface area contributed by atoms with E-state index >= 15 is 0 Å². The lowest BCUT2D eigenvalue weighted by molar-refractivity contribution is 0.399. The minimum Gasteiger partial charge on any atom is -0.496 e. The Bertz CT molecular complexity index is 1450. The van der Waals surface area contributed by atoms with E-state index in [1.54, 1.807) is 13.2 Å². The predicted molar refractivity (Wildman–Crippen MR) is 132 cm³/mol. The van der Waals surface area contributed by atoms with Gasteiger partial charge in [0.25, 0.3) is 5.56 Å². The monoisotopic (exact) mass is 464 g/mol. The van der Waals surface area contributed by atoms with Crippen molar-refractivity contribution in [2.24, 2.45) is 0 Å². The van der Waals surface area contributed by atoms with E-state index in [1.165, 1.54) is 16.8 Å². The van der Waals surface area contributed by atoms with Gasteiger partial charge in [0, 0.05) is 23.4 Å². The van der Waals surface area contributed by atoms with E-state index in [1.807, 2.05) is 42.5 Å². The number of ether oxygens (including phenoxy) is 1. The molecule has 3 aromatic carbocycles. The van der Waals surface area contributed by atoms with Crippen molar-refractivity contribution in [1.82, 2.24) is 9.55 Å². The van der Waals surface area contributed by atoms with Gasteiger partial charge in [-0.3, -0.25) is 18.9 Å². The largest absolute Gasteiger partial charge is 0.496 e. The van der Waals surface area contributed by atoms with Crippen molar-refractivity contribution < 1.29 is 13.5 Å². The standard InChI is InChI=1S/C25H24N2O5S/c1-25(2,3)21-14-18(27-10-9-22(28)26-24(27)29)13-20(23(21)31-4)17-6-5-16-12-19(32-33-30)8-7-15(16)11-17/h5-14,30H,1-4H3,(H,26,28,29). The summed E-state index contributed by atoms with van der Waals surface area (Å²) in [5.74, 6) is 1.27. The summed E-state index contributed by atoms with van der Waals surface area (Å²) in [4.78, 5) is 26.4. The molecule has 7 nitrogen and oxygen atoms in total. The van der Waals surface area contributed by atoms with E-state index in [0.717, 1.165) is 33.2 Å². The molecule has 0 saturated carbocycles. The summed E-state index contributed by atoms with van der Waals surface area (Å²) in [7, 11) is 1.64. The first-order valence-electron chi connectivity index (χ1n) is 10.3. The molecule has 0 aliphatic carbocycles. The molecule has 1 heterocycles. The van der Waals surface area contributed by atoms with Gasteiger partial charge >= 0.3 is 5.69 Å². The van der Waals surface area contributed by atoms with E-state index in [-0.39, 0.29) is 5.41 Å². The van der Waals surface area contributed by atoms with Crippen LogP contribution in [0.25, 0.3) is 27.6 Å². The highest BCUT2D eigenvalue weighted by Gasteiger charge is 2.24. The number of nitrogens with zero attached hydrogens (tertiary/aromatic N) is 1. The SMILES string of the molecule is COc1c(-c2ccc3cc(OSO)ccc3c2)cc(-n2ccc(=O)[nH]c2=O)cc1C(C)(C)C. The summed E-state index contributed by atoms with van der Waals surface area (Å²) in [6, 6.07) is 16.6. The van der Waals surface area contributed by atoms with Crippen LogP contribution in [0.4, 0.5) is 0 Å². The van der Waals surface area contributed by atoms with Gasteiger partial charge < -0.3 is 8.92 Å². The van der Waals surface area contributed by atoms with Crippen LogP contribution in [0, 0.1) is 0 Å². The number of aromatic nitrogens is 2. The molecule has 33 heavy (non-hydrogen) atoms. The highest BCUT2D eigenvalue weighted by Crippen LogP contribution is 2.41. The number of methoxy groups -OCH3 is 1. The molecule has 0 unspecified atom stereocenters. The third-order valence-electron chi connectivity index (χ3n) is 5.44. The van der Waals surface area contributed by atoms with Gasteiger partial charge in [0.1, 0.15) is 11.5 Å². The summed E-state index contributed by atoms with van der Waals surface area (Å²) in [6.45, 7) is 6.24. The Balaban J connectivity index is 1.97. The average Bonchev–Trinajstić information content (AvgIpc) is 2.77. The first-order valence-corrected chi connectivity index (χ1v) is 11.0. The van der Waals surface area contributed by atoms with Crippen LogP contribution >= 0.6 is 12.3 Å². The summed E-state index contributed by atoms with van der Waals surface area (Å²) >= 11 is 0.307. The quantitative estimate of drug-likeness (QED) is 0.397. The molecule has 0 bridgehead atoms. The summed E-state index contributed by atoms with van der Waals surface area (Å²) in [5.41, 5.74) is 2.07. The van der Waals surface area contributed by atoms with Gasteiger partial charge in [0.15, 0.2) is 0 Å². The first kappa shape index (κ1) is 22.7. The second kappa shape index (κ2) is 8.80. The number of benzene rings is 3. The molecule has 4 rings (SSSR count). The minimum absolute atomic E-state index is 0.271. The van der Waals surface area contributed by atoms with Gasteiger partial charge in [-0.15, -0.1) is 0 Å². The first-order chi connectivity index (χ1) is 15.7. The maximum Gasteiger partial charge on any atom is 0.332 e. The second-order valence-electron chi connectivity index (χ2n) is 8.69. The summed E-state index contributed by atoms with van der Waals surface area (Å²) in [6.07, 6.45) is 1.47. The number of nitrogens with one attached hydrogen (secondary N) is 1. The van der Waals surface area contributed by atoms with Gasteiger partial charge in [0.2, 0.25) is 12.3 Å². The van der Waals surface area contributed by atoms with E-state index in [4.69, 9.17) is 13.5 Å². The van der Waals surface area contributed by atoms with Gasteiger partial charge in [0.05, 0.1) is 12.8 Å². The average molecular weight is 465 g/mol. The smallest absolute Gasteiger partial charge is 0.332 e. The molecule has 8 heteroatoms. The fourth-order valence-corrected chi connectivity index (χ4v) is 4.04. The van der Waals surface area contributed by atoms with Crippen LogP contribution in [-0.2, 0) is 5.41 Å². The lowest BCUT2D eigenvalue weighted by atomic mass is 9.83. The second-order valence-corrected chi connectivity index (χ2v) is 9.00. The molecule has 0 saturated heterocycles. The molecular weight excluding hydrogens is 440 g/mol. The molecule has 0 spiro atoms. The lowest BCUT2D eigenvalue weighted by Crippen LogP contribution is -2.27. The number of fused-ring (bicyclic) bond motifs is 1. The summed E-state index contributed by atoms with van der Waals surface area (Å²) < 4.78 is 21.3. The molecular formula is C25H24N2O5S. The fourth-order valence-electron chi connectivity index (χ4n) is 3.85. The van der Waals surface area contributed by atoms with Crippen molar-refractivity contribution in [3.63, 3.8) is 0 Å². The van der Waals surface area contributed by atoms with Crippen molar-refractivity contribution in [2.75, 3.05) is 7.11 Å². The zero-order chi connectivity index (χ0) is 23.8. The minimum atomic E-state index is -0.508. The summed E-state index contributed by atoms with van der Waals surface area (Å²) in [5, 5.41) is 1.93. The molecule has 4 aromatic rings. The van der Waals surface area contributed by atoms with Crippen molar-refractivity contribution in [1.29, 1.82) is 0 Å². The van der Waals surface area contributed by atoms with Gasteiger partial charge in [-0.1, -0.05) is 39.0 Å². The molecule has 0 atom stereocenters. The molecule has 170 valence electrons. The van der Waals surface area contributed by atoms with Crippen LogP contribution in [0.1, 0.15) is 26.3 Å². The highest BCUT2D eigenvalue weighted by molar-refractivity contribution is 7.89. The van der Waals surface area contributed by atoms with Crippen molar-refractivity contribution in [3.8, 4) is 28.3 Å². The maximum absolute atomic E-state index is 12.5. The van der Waals surface area contributed by atoms with Gasteiger partial charge in [-0.25, -0.2) is 4.79 Å². The lowest BCUT2D eigenvalue weighted by Gasteiger charge is -2.25. The number of H-pyrrole nitrogens is 1. The third kappa shape index (κ3) is 4.53. The van der Waals surface area contributed by atoms with E-state index in [0.29, 0.717) is 23.8 Å². The molecule has 0 aliphatic rings. The molecule has 0 amide bonds. The maximum atomic E-state index is 12.5. The number of rotatable bonds is 5. The van der Waals surface area contributed by atoms with Crippen LogP contribution in [0.2, 0.25) is 0 Å². The van der Waals surface area contributed by atoms with Crippen LogP contribution in [-0.4, -0.2) is 21.2 Å². The van der Waals surface area contributed by atoms with E-state index in [9.17, 15) is 9.59 Å².